The molecule has 0 radical (unpaired) electrons. The van der Waals surface area contributed by atoms with Gasteiger partial charge in [0.2, 0.25) is 0 Å². The van der Waals surface area contributed by atoms with Gasteiger partial charge in [0.05, 0.1) is 11.1 Å². The molecule has 0 fully saturated rings. The molecule has 1 aromatic heterocycles. The van der Waals surface area contributed by atoms with Gasteiger partial charge < -0.3 is 9.32 Å². The highest BCUT2D eigenvalue weighted by Gasteiger charge is 2.21. The second-order valence-electron chi connectivity index (χ2n) is 10.6. The van der Waals surface area contributed by atoms with Crippen molar-refractivity contribution in [2.45, 2.75) is 0 Å². The third-order valence-corrected chi connectivity index (χ3v) is 8.03. The second-order valence-corrected chi connectivity index (χ2v) is 10.6. The van der Waals surface area contributed by atoms with E-state index in [1.54, 1.807) is 0 Å². The summed E-state index contributed by atoms with van der Waals surface area (Å²) in [5.74, 6) is 0. The SMILES string of the molecule is c1ccc(-c2cccc(-c3cc4c(oc5cccc(N(c6ccccc6)c6ccccc6)c54)c4ccccc34)c2)cc1. The predicted octanol–water partition coefficient (Wildman–Crippen LogP) is 11.5. The Morgan fingerprint density at radius 3 is 1.69 bits per heavy atom. The molecule has 0 amide bonds. The summed E-state index contributed by atoms with van der Waals surface area (Å²) in [7, 11) is 0. The number of benzene rings is 7. The number of para-hydroxylation sites is 2. The molecule has 198 valence electrons. The van der Waals surface area contributed by atoms with Crippen molar-refractivity contribution in [3.05, 3.63) is 164 Å². The molecular weight excluding hydrogens is 510 g/mol. The standard InChI is InChI=1S/C40H27NO/c1-4-14-28(15-5-1)29-16-12-17-30(26-29)35-27-36-39-37(41(31-18-6-2-7-19-31)32-20-8-3-9-21-32)24-13-25-38(39)42-40(36)34-23-11-10-22-33(34)35/h1-27H. The lowest BCUT2D eigenvalue weighted by atomic mass is 9.93. The van der Waals surface area contributed by atoms with Crippen LogP contribution in [0.15, 0.2) is 168 Å². The number of hydrogen-bond acceptors (Lipinski definition) is 2. The van der Waals surface area contributed by atoms with Crippen molar-refractivity contribution in [3.63, 3.8) is 0 Å². The highest BCUT2D eigenvalue weighted by Crippen LogP contribution is 2.46. The van der Waals surface area contributed by atoms with E-state index in [2.05, 4.69) is 169 Å². The molecule has 0 atom stereocenters. The fourth-order valence-electron chi connectivity index (χ4n) is 6.13. The summed E-state index contributed by atoms with van der Waals surface area (Å²) in [5.41, 5.74) is 9.86. The van der Waals surface area contributed by atoms with Gasteiger partial charge in [-0.3, -0.25) is 0 Å². The Morgan fingerprint density at radius 2 is 0.976 bits per heavy atom. The zero-order valence-electron chi connectivity index (χ0n) is 22.9. The van der Waals surface area contributed by atoms with Crippen LogP contribution in [0, 0.1) is 0 Å². The maximum Gasteiger partial charge on any atom is 0.143 e. The first-order valence-corrected chi connectivity index (χ1v) is 14.3. The highest BCUT2D eigenvalue weighted by atomic mass is 16.3. The van der Waals surface area contributed by atoms with Gasteiger partial charge in [-0.05, 0) is 76.2 Å². The van der Waals surface area contributed by atoms with Crippen LogP contribution in [-0.4, -0.2) is 0 Å². The van der Waals surface area contributed by atoms with Crippen LogP contribution in [-0.2, 0) is 0 Å². The molecule has 0 spiro atoms. The first-order valence-electron chi connectivity index (χ1n) is 14.3. The molecule has 0 N–H and O–H groups in total. The first kappa shape index (κ1) is 24.2. The monoisotopic (exact) mass is 537 g/mol. The molecule has 0 saturated carbocycles. The number of rotatable bonds is 5. The minimum atomic E-state index is 0.875. The van der Waals surface area contributed by atoms with Crippen LogP contribution in [0.1, 0.15) is 0 Å². The van der Waals surface area contributed by atoms with Crippen LogP contribution in [0.4, 0.5) is 17.1 Å². The van der Waals surface area contributed by atoms with Crippen molar-refractivity contribution in [2.75, 3.05) is 4.90 Å². The zero-order chi connectivity index (χ0) is 27.9. The highest BCUT2D eigenvalue weighted by molar-refractivity contribution is 6.22. The summed E-state index contributed by atoms with van der Waals surface area (Å²) in [6, 6.07) is 57.8. The summed E-state index contributed by atoms with van der Waals surface area (Å²) in [4.78, 5) is 2.32. The van der Waals surface area contributed by atoms with Crippen LogP contribution >= 0.6 is 0 Å². The molecule has 0 unspecified atom stereocenters. The molecule has 8 rings (SSSR count). The van der Waals surface area contributed by atoms with Crippen molar-refractivity contribution in [1.82, 2.24) is 0 Å². The van der Waals surface area contributed by atoms with Crippen LogP contribution in [0.3, 0.4) is 0 Å². The molecule has 0 bridgehead atoms. The lowest BCUT2D eigenvalue weighted by Gasteiger charge is -2.26. The van der Waals surface area contributed by atoms with E-state index >= 15 is 0 Å². The van der Waals surface area contributed by atoms with E-state index in [1.165, 1.54) is 27.6 Å². The average molecular weight is 538 g/mol. The molecular formula is C40H27NO. The van der Waals surface area contributed by atoms with Gasteiger partial charge in [0.1, 0.15) is 11.2 Å². The fraction of sp³-hybridized carbons (Fsp3) is 0. The average Bonchev–Trinajstić information content (AvgIpc) is 3.46. The van der Waals surface area contributed by atoms with Gasteiger partial charge in [0.15, 0.2) is 0 Å². The Morgan fingerprint density at radius 1 is 0.405 bits per heavy atom. The topological polar surface area (TPSA) is 16.4 Å². The minimum Gasteiger partial charge on any atom is -0.455 e. The lowest BCUT2D eigenvalue weighted by molar-refractivity contribution is 0.672. The molecule has 7 aromatic carbocycles. The van der Waals surface area contributed by atoms with Gasteiger partial charge in [-0.2, -0.15) is 0 Å². The maximum atomic E-state index is 6.69. The van der Waals surface area contributed by atoms with Gasteiger partial charge in [-0.25, -0.2) is 0 Å². The van der Waals surface area contributed by atoms with Gasteiger partial charge in [0.25, 0.3) is 0 Å². The van der Waals surface area contributed by atoms with E-state index in [9.17, 15) is 0 Å². The third kappa shape index (κ3) is 4.05. The van der Waals surface area contributed by atoms with E-state index in [4.69, 9.17) is 4.42 Å². The predicted molar refractivity (Wildman–Crippen MR) is 177 cm³/mol. The van der Waals surface area contributed by atoms with Gasteiger partial charge >= 0.3 is 0 Å². The van der Waals surface area contributed by atoms with Crippen LogP contribution < -0.4 is 4.90 Å². The van der Waals surface area contributed by atoms with Crippen molar-refractivity contribution in [1.29, 1.82) is 0 Å². The van der Waals surface area contributed by atoms with Crippen LogP contribution in [0.2, 0.25) is 0 Å². The Kier molecular flexibility index (Phi) is 5.82. The molecule has 2 nitrogen and oxygen atoms in total. The summed E-state index contributed by atoms with van der Waals surface area (Å²) >= 11 is 0. The molecule has 0 saturated heterocycles. The summed E-state index contributed by atoms with van der Waals surface area (Å²) in [5, 5.41) is 4.50. The van der Waals surface area contributed by atoms with Crippen molar-refractivity contribution in [2.24, 2.45) is 0 Å². The molecule has 0 aliphatic carbocycles. The Labute approximate surface area is 244 Å². The normalized spacial score (nSPS) is 11.3. The number of anilines is 3. The molecule has 42 heavy (non-hydrogen) atoms. The van der Waals surface area contributed by atoms with E-state index in [0.29, 0.717) is 0 Å². The molecule has 0 aliphatic heterocycles. The van der Waals surface area contributed by atoms with E-state index in [-0.39, 0.29) is 0 Å². The minimum absolute atomic E-state index is 0.875. The second kappa shape index (κ2) is 10.1. The molecule has 2 heteroatoms. The van der Waals surface area contributed by atoms with E-state index in [0.717, 1.165) is 44.4 Å². The Hall–Kier alpha value is -5.60. The van der Waals surface area contributed by atoms with Crippen molar-refractivity contribution >= 4 is 49.8 Å². The third-order valence-electron chi connectivity index (χ3n) is 8.03. The summed E-state index contributed by atoms with van der Waals surface area (Å²) in [6.45, 7) is 0. The Balaban J connectivity index is 1.43. The lowest BCUT2D eigenvalue weighted by Crippen LogP contribution is -2.09. The first-order chi connectivity index (χ1) is 20.8. The van der Waals surface area contributed by atoms with E-state index < -0.39 is 0 Å². The molecule has 8 aromatic rings. The maximum absolute atomic E-state index is 6.69. The number of hydrogen-bond donors (Lipinski definition) is 0. The zero-order valence-corrected chi connectivity index (χ0v) is 22.9. The van der Waals surface area contributed by atoms with Crippen LogP contribution in [0.25, 0.3) is 55.0 Å². The number of fused-ring (bicyclic) bond motifs is 5. The van der Waals surface area contributed by atoms with Crippen molar-refractivity contribution in [3.8, 4) is 22.3 Å². The van der Waals surface area contributed by atoms with Crippen molar-refractivity contribution < 1.29 is 4.42 Å². The van der Waals surface area contributed by atoms with Gasteiger partial charge in [-0.15, -0.1) is 0 Å². The van der Waals surface area contributed by atoms with Crippen LogP contribution in [0.5, 0.6) is 0 Å². The summed E-state index contributed by atoms with van der Waals surface area (Å²) < 4.78 is 6.69. The van der Waals surface area contributed by atoms with Gasteiger partial charge in [-0.1, -0.05) is 115 Å². The van der Waals surface area contributed by atoms with E-state index in [1.807, 2.05) is 0 Å². The molecule has 0 aliphatic rings. The number of furan rings is 1. The largest absolute Gasteiger partial charge is 0.455 e. The Bertz CT molecular complexity index is 2140. The van der Waals surface area contributed by atoms with Gasteiger partial charge in [0, 0.05) is 22.1 Å². The quantitative estimate of drug-likeness (QED) is 0.217. The fourth-order valence-corrected chi connectivity index (χ4v) is 6.13. The number of nitrogens with zero attached hydrogens (tertiary/aromatic N) is 1. The smallest absolute Gasteiger partial charge is 0.143 e. The summed E-state index contributed by atoms with van der Waals surface area (Å²) in [6.07, 6.45) is 0. The molecule has 1 heterocycles.